The van der Waals surface area contributed by atoms with Gasteiger partial charge in [0, 0.05) is 30.3 Å². The Balaban J connectivity index is 1.58. The van der Waals surface area contributed by atoms with Gasteiger partial charge in [0.2, 0.25) is 0 Å². The van der Waals surface area contributed by atoms with Gasteiger partial charge >= 0.3 is 11.9 Å². The number of Topliss-reactive ketones (excluding diaryl/α,β-unsaturated/α-hetero) is 1. The van der Waals surface area contributed by atoms with Gasteiger partial charge in [-0.1, -0.05) is 37.8 Å². The Hall–Kier alpha value is -2.89. The molecule has 6 nitrogen and oxygen atoms in total. The highest BCUT2D eigenvalue weighted by Gasteiger charge is 2.57. The number of ether oxygens (including phenoxy) is 2. The van der Waals surface area contributed by atoms with Crippen LogP contribution in [0.1, 0.15) is 25.3 Å². The molecule has 3 fully saturated rings. The molecule has 4 rings (SSSR count). The van der Waals surface area contributed by atoms with Crippen LogP contribution in [0.5, 0.6) is 5.75 Å². The predicted molar refractivity (Wildman–Crippen MR) is 104 cm³/mol. The lowest BCUT2D eigenvalue weighted by molar-refractivity contribution is -0.152. The lowest BCUT2D eigenvalue weighted by Crippen LogP contribution is -2.37. The van der Waals surface area contributed by atoms with Gasteiger partial charge in [-0.2, -0.15) is 0 Å². The summed E-state index contributed by atoms with van der Waals surface area (Å²) in [4.78, 5) is 37.2. The van der Waals surface area contributed by atoms with E-state index in [1.54, 1.807) is 12.1 Å². The minimum Gasteiger partial charge on any atom is -0.508 e. The van der Waals surface area contributed by atoms with E-state index in [2.05, 4.69) is 13.2 Å². The second-order valence-corrected chi connectivity index (χ2v) is 8.30. The number of hydrogen-bond donors (Lipinski definition) is 1. The van der Waals surface area contributed by atoms with E-state index in [0.717, 1.165) is 5.57 Å². The first-order valence-corrected chi connectivity index (χ1v) is 9.83. The van der Waals surface area contributed by atoms with E-state index in [9.17, 15) is 19.5 Å². The molecule has 1 N–H and O–H groups in total. The number of ketones is 1. The minimum absolute atomic E-state index is 0.0453. The number of hydrogen-bond acceptors (Lipinski definition) is 6. The Morgan fingerprint density at radius 1 is 1.21 bits per heavy atom. The van der Waals surface area contributed by atoms with Crippen molar-refractivity contribution in [2.75, 3.05) is 0 Å². The zero-order valence-corrected chi connectivity index (χ0v) is 16.3. The second-order valence-electron chi connectivity index (χ2n) is 8.30. The first-order valence-electron chi connectivity index (χ1n) is 9.83. The molecule has 152 valence electrons. The summed E-state index contributed by atoms with van der Waals surface area (Å²) in [5, 5.41) is 9.38. The van der Waals surface area contributed by atoms with Crippen LogP contribution < -0.4 is 0 Å². The first kappa shape index (κ1) is 19.4. The van der Waals surface area contributed by atoms with Crippen LogP contribution in [0, 0.1) is 23.7 Å². The number of aromatic hydroxyl groups is 1. The lowest BCUT2D eigenvalue weighted by Gasteiger charge is -2.29. The summed E-state index contributed by atoms with van der Waals surface area (Å²) in [5.41, 5.74) is 1.86. The molecule has 29 heavy (non-hydrogen) atoms. The lowest BCUT2D eigenvalue weighted by atomic mass is 9.79. The molecule has 0 spiro atoms. The smallest absolute Gasteiger partial charge is 0.334 e. The van der Waals surface area contributed by atoms with Crippen LogP contribution in [-0.4, -0.2) is 35.0 Å². The number of benzene rings is 1. The van der Waals surface area contributed by atoms with Gasteiger partial charge in [0.25, 0.3) is 0 Å². The van der Waals surface area contributed by atoms with Gasteiger partial charge in [-0.05, 0) is 23.6 Å². The molecule has 0 aromatic heterocycles. The van der Waals surface area contributed by atoms with Gasteiger partial charge in [-0.25, -0.2) is 4.79 Å². The van der Waals surface area contributed by atoms with Gasteiger partial charge in [0.05, 0.1) is 12.3 Å². The van der Waals surface area contributed by atoms with Crippen LogP contribution in [0.25, 0.3) is 0 Å². The maximum Gasteiger partial charge on any atom is 0.334 e. The number of esters is 2. The molecule has 0 unspecified atom stereocenters. The fraction of sp³-hybridized carbons (Fsp3) is 0.435. The molecule has 1 heterocycles. The van der Waals surface area contributed by atoms with Crippen LogP contribution in [0.15, 0.2) is 48.6 Å². The van der Waals surface area contributed by atoms with Crippen LogP contribution in [0.2, 0.25) is 0 Å². The van der Waals surface area contributed by atoms with Crippen molar-refractivity contribution in [3.05, 3.63) is 54.1 Å². The van der Waals surface area contributed by atoms with Gasteiger partial charge in [-0.3, -0.25) is 9.59 Å². The summed E-state index contributed by atoms with van der Waals surface area (Å²) in [6.07, 6.45) is -0.342. The summed E-state index contributed by atoms with van der Waals surface area (Å²) in [6.45, 7) is 9.92. The van der Waals surface area contributed by atoms with Gasteiger partial charge in [0.1, 0.15) is 23.7 Å². The molecule has 0 bridgehead atoms. The molecule has 2 aliphatic carbocycles. The van der Waals surface area contributed by atoms with Gasteiger partial charge < -0.3 is 14.6 Å². The summed E-state index contributed by atoms with van der Waals surface area (Å²) < 4.78 is 11.4. The topological polar surface area (TPSA) is 89.9 Å². The zero-order chi connectivity index (χ0) is 20.9. The quantitative estimate of drug-likeness (QED) is 0.480. The third-order valence-corrected chi connectivity index (χ3v) is 6.57. The predicted octanol–water partition coefficient (Wildman–Crippen LogP) is 2.75. The van der Waals surface area contributed by atoms with Crippen LogP contribution in [0.4, 0.5) is 0 Å². The number of rotatable bonds is 3. The monoisotopic (exact) mass is 396 g/mol. The van der Waals surface area contributed by atoms with Crippen molar-refractivity contribution in [3.63, 3.8) is 0 Å². The van der Waals surface area contributed by atoms with E-state index < -0.39 is 30.1 Å². The highest BCUT2D eigenvalue weighted by molar-refractivity contribution is 5.92. The molecule has 1 saturated heterocycles. The number of carbonyl (C=O) groups excluding carboxylic acids is 3. The third-order valence-electron chi connectivity index (χ3n) is 6.57. The van der Waals surface area contributed by atoms with Crippen LogP contribution in [0.3, 0.4) is 0 Å². The van der Waals surface area contributed by atoms with Crippen molar-refractivity contribution in [2.24, 2.45) is 23.7 Å². The SMILES string of the molecule is C=C1C(=O)O[C@H]2[C@H]1[C@@H](OC(=O)Cc1ccc(O)cc1)CC(=C)[C@@H]1CC(=O)[C@@H](C)[C@@H]21. The highest BCUT2D eigenvalue weighted by Crippen LogP contribution is 2.51. The molecule has 6 atom stereocenters. The van der Waals surface area contributed by atoms with E-state index in [1.165, 1.54) is 12.1 Å². The van der Waals surface area contributed by atoms with E-state index in [4.69, 9.17) is 9.47 Å². The fourth-order valence-corrected chi connectivity index (χ4v) is 5.04. The Labute approximate surface area is 169 Å². The Kier molecular flexibility index (Phi) is 4.81. The van der Waals surface area contributed by atoms with Crippen molar-refractivity contribution >= 4 is 17.7 Å². The number of fused-ring (bicyclic) bond motifs is 3. The third kappa shape index (κ3) is 3.37. The summed E-state index contributed by atoms with van der Waals surface area (Å²) in [6, 6.07) is 6.34. The second kappa shape index (κ2) is 7.17. The highest BCUT2D eigenvalue weighted by atomic mass is 16.6. The molecule has 1 aromatic carbocycles. The summed E-state index contributed by atoms with van der Waals surface area (Å²) in [5.74, 6) is -1.61. The maximum absolute atomic E-state index is 12.6. The van der Waals surface area contributed by atoms with E-state index >= 15 is 0 Å². The van der Waals surface area contributed by atoms with Gasteiger partial charge in [0.15, 0.2) is 0 Å². The van der Waals surface area contributed by atoms with Crippen molar-refractivity contribution in [3.8, 4) is 5.75 Å². The molecule has 3 aliphatic rings. The average Bonchev–Trinajstić information content (AvgIpc) is 3.09. The number of carbonyl (C=O) groups is 3. The molecular formula is C23H24O6. The zero-order valence-electron chi connectivity index (χ0n) is 16.3. The normalized spacial score (nSPS) is 33.7. The van der Waals surface area contributed by atoms with Crippen LogP contribution in [-0.2, 0) is 30.3 Å². The summed E-state index contributed by atoms with van der Waals surface area (Å²) in [7, 11) is 0. The standard InChI is InChI=1S/C23H24O6/c1-11-8-18(28-19(26)9-14-4-6-15(24)7-5-14)21-13(3)23(27)29-22(21)20-12(2)17(25)10-16(11)20/h4-7,12,16,18,20-22,24H,1,3,8-10H2,2H3/t12-,16+,18+,20-,21-,22-/m1/s1. The maximum atomic E-state index is 12.6. The van der Waals surface area contributed by atoms with Crippen molar-refractivity contribution < 1.29 is 29.0 Å². The van der Waals surface area contributed by atoms with E-state index in [1.807, 2.05) is 6.92 Å². The van der Waals surface area contributed by atoms with Crippen molar-refractivity contribution in [1.82, 2.24) is 0 Å². The first-order chi connectivity index (χ1) is 13.8. The largest absolute Gasteiger partial charge is 0.508 e. The average molecular weight is 396 g/mol. The molecule has 1 aliphatic heterocycles. The van der Waals surface area contributed by atoms with Crippen molar-refractivity contribution in [2.45, 2.75) is 38.4 Å². The van der Waals surface area contributed by atoms with E-state index in [0.29, 0.717) is 18.4 Å². The van der Waals surface area contributed by atoms with E-state index in [-0.39, 0.29) is 41.3 Å². The summed E-state index contributed by atoms with van der Waals surface area (Å²) >= 11 is 0. The van der Waals surface area contributed by atoms with Gasteiger partial charge in [-0.15, -0.1) is 0 Å². The Bertz CT molecular complexity index is 898. The molecule has 2 saturated carbocycles. The minimum atomic E-state index is -0.607. The molecule has 1 aromatic rings. The molecular weight excluding hydrogens is 372 g/mol. The fourth-order valence-electron chi connectivity index (χ4n) is 5.04. The number of phenols is 1. The molecule has 0 radical (unpaired) electrons. The van der Waals surface area contributed by atoms with Crippen molar-refractivity contribution in [1.29, 1.82) is 0 Å². The Morgan fingerprint density at radius 2 is 1.90 bits per heavy atom. The van der Waals surface area contributed by atoms with Crippen LogP contribution >= 0.6 is 0 Å². The molecule has 6 heteroatoms. The number of phenolic OH excluding ortho intramolecular Hbond substituents is 1. The molecule has 0 amide bonds. The Morgan fingerprint density at radius 3 is 2.59 bits per heavy atom.